The van der Waals surface area contributed by atoms with Gasteiger partial charge in [-0.1, -0.05) is 0 Å². The van der Waals surface area contributed by atoms with Crippen LogP contribution in [0.4, 0.5) is 39.5 Å². The van der Waals surface area contributed by atoms with Crippen molar-refractivity contribution in [2.24, 2.45) is 5.73 Å². The van der Waals surface area contributed by atoms with Gasteiger partial charge in [0.2, 0.25) is 5.88 Å². The average molecular weight is 481 g/mol. The number of aromatic nitrogens is 2. The van der Waals surface area contributed by atoms with E-state index >= 15 is 0 Å². The van der Waals surface area contributed by atoms with Gasteiger partial charge >= 0.3 is 18.3 Å². The van der Waals surface area contributed by atoms with E-state index in [1.807, 2.05) is 0 Å². The lowest BCUT2D eigenvalue weighted by Crippen LogP contribution is -2.41. The number of hydrogen-bond donors (Lipinski definition) is 1. The number of ether oxygens (including phenoxy) is 1. The van der Waals surface area contributed by atoms with Crippen LogP contribution in [0.3, 0.4) is 0 Å². The summed E-state index contributed by atoms with van der Waals surface area (Å²) in [6, 6.07) is 2.32. The summed E-state index contributed by atoms with van der Waals surface area (Å²) in [4.78, 5) is 11.5. The molecule has 1 aromatic heterocycles. The molecule has 0 aliphatic carbocycles. The molecule has 0 fully saturated rings. The number of nitrogens with two attached hydrogens (primary N) is 1. The molecule has 0 unspecified atom stereocenters. The number of alkyl halides is 8. The molecule has 31 heavy (non-hydrogen) atoms. The van der Waals surface area contributed by atoms with Crippen LogP contribution in [0.2, 0.25) is 0 Å². The van der Waals surface area contributed by atoms with Crippen LogP contribution in [0.15, 0.2) is 23.1 Å². The Kier molecular flexibility index (Phi) is 6.78. The van der Waals surface area contributed by atoms with Crippen molar-refractivity contribution in [3.8, 4) is 11.6 Å². The van der Waals surface area contributed by atoms with Crippen LogP contribution in [0.5, 0.6) is 5.88 Å². The highest BCUT2D eigenvalue weighted by atomic mass is 32.2. The number of nitrogens with zero attached hydrogens (tertiary/aromatic N) is 2. The van der Waals surface area contributed by atoms with E-state index in [0.29, 0.717) is 22.5 Å². The van der Waals surface area contributed by atoms with E-state index in [-0.39, 0.29) is 10.5 Å². The van der Waals surface area contributed by atoms with E-state index in [9.17, 15) is 44.3 Å². The number of amides is 1. The topological polar surface area (TPSA) is 70.1 Å². The van der Waals surface area contributed by atoms with Crippen LogP contribution in [0.1, 0.15) is 16.1 Å². The molecule has 15 heteroatoms. The molecule has 5 nitrogen and oxygen atoms in total. The second-order valence-corrected chi connectivity index (χ2v) is 7.12. The number of carbonyl (C=O) groups excluding carboxylic acids is 1. The quantitative estimate of drug-likeness (QED) is 0.462. The van der Waals surface area contributed by atoms with E-state index in [0.717, 1.165) is 12.1 Å². The van der Waals surface area contributed by atoms with Gasteiger partial charge in [0, 0.05) is 11.0 Å². The molecule has 2 rings (SSSR count). The largest absolute Gasteiger partial charge is 0.470 e. The molecular formula is C16H12F9N3O2S. The number of thioether (sulfide) groups is 1. The van der Waals surface area contributed by atoms with Crippen molar-refractivity contribution in [3.63, 3.8) is 0 Å². The highest BCUT2D eigenvalue weighted by Gasteiger charge is 2.58. The van der Waals surface area contributed by atoms with Crippen LogP contribution in [-0.4, -0.2) is 46.3 Å². The molecule has 2 N–H and O–H groups in total. The Morgan fingerprint density at radius 2 is 1.74 bits per heavy atom. The number of hydrogen-bond acceptors (Lipinski definition) is 4. The SMILES string of the molecule is Cc1cc(F)c(-n2nc(OCC(F)(F)C(F)(F)F)cc2C(N)=O)cc1SCC(F)(F)F. The van der Waals surface area contributed by atoms with Crippen molar-refractivity contribution < 1.29 is 49.0 Å². The zero-order valence-corrected chi connectivity index (χ0v) is 16.1. The summed E-state index contributed by atoms with van der Waals surface area (Å²) in [5.74, 6) is -9.84. The van der Waals surface area contributed by atoms with Gasteiger partial charge in [-0.3, -0.25) is 4.79 Å². The summed E-state index contributed by atoms with van der Waals surface area (Å²) < 4.78 is 119. The van der Waals surface area contributed by atoms with Crippen molar-refractivity contribution >= 4 is 17.7 Å². The average Bonchev–Trinajstić information content (AvgIpc) is 3.02. The number of primary amides is 1. The van der Waals surface area contributed by atoms with Gasteiger partial charge in [-0.25, -0.2) is 9.07 Å². The minimum absolute atomic E-state index is 0.0503. The normalized spacial score (nSPS) is 12.8. The lowest BCUT2D eigenvalue weighted by atomic mass is 10.2. The molecule has 0 spiro atoms. The molecule has 172 valence electrons. The predicted octanol–water partition coefficient (Wildman–Crippen LogP) is 4.65. The smallest absolute Gasteiger partial charge is 0.456 e. The Hall–Kier alpha value is -2.58. The standard InChI is InChI=1S/C16H12F9N3O2S/c1-7-2-8(17)9(3-11(7)31-6-15(20,21)22)28-10(13(26)29)4-12(27-28)30-5-14(18,19)16(23,24)25/h2-4H,5-6H2,1H3,(H2,26,29). The molecule has 1 aromatic carbocycles. The maximum absolute atomic E-state index is 14.4. The molecule has 0 aliphatic heterocycles. The maximum Gasteiger partial charge on any atom is 0.456 e. The van der Waals surface area contributed by atoms with Crippen molar-refractivity contribution in [3.05, 3.63) is 35.3 Å². The molecule has 0 aliphatic rings. The van der Waals surface area contributed by atoms with E-state index in [2.05, 4.69) is 9.84 Å². The lowest BCUT2D eigenvalue weighted by Gasteiger charge is -2.18. The number of carbonyl (C=O) groups is 1. The Labute approximate surface area is 172 Å². The van der Waals surface area contributed by atoms with Crippen LogP contribution in [0, 0.1) is 12.7 Å². The number of rotatable bonds is 7. The number of aryl methyl sites for hydroxylation is 1. The van der Waals surface area contributed by atoms with Crippen molar-refractivity contribution in [1.82, 2.24) is 9.78 Å². The molecule has 1 amide bonds. The van der Waals surface area contributed by atoms with E-state index < -0.39 is 59.6 Å². The summed E-state index contributed by atoms with van der Waals surface area (Å²) in [6.07, 6.45) is -10.5. The third-order valence-corrected chi connectivity index (χ3v) is 4.84. The third kappa shape index (κ3) is 5.98. The summed E-state index contributed by atoms with van der Waals surface area (Å²) in [5.41, 5.74) is 3.94. The van der Waals surface area contributed by atoms with E-state index in [1.165, 1.54) is 6.92 Å². The summed E-state index contributed by atoms with van der Waals surface area (Å²) in [5, 5.41) is 3.45. The van der Waals surface area contributed by atoms with Crippen molar-refractivity contribution in [1.29, 1.82) is 0 Å². The fraction of sp³-hybridized carbons (Fsp3) is 0.375. The summed E-state index contributed by atoms with van der Waals surface area (Å²) in [6.45, 7) is -0.869. The fourth-order valence-electron chi connectivity index (χ4n) is 2.15. The number of halogens is 9. The highest BCUT2D eigenvalue weighted by Crippen LogP contribution is 2.36. The molecule has 2 aromatic rings. The van der Waals surface area contributed by atoms with Crippen LogP contribution in [0.25, 0.3) is 5.69 Å². The fourth-order valence-corrected chi connectivity index (χ4v) is 2.96. The Balaban J connectivity index is 2.42. The first-order valence-electron chi connectivity index (χ1n) is 7.99. The molecule has 0 bridgehead atoms. The minimum atomic E-state index is -5.92. The summed E-state index contributed by atoms with van der Waals surface area (Å²) >= 11 is 0.305. The monoisotopic (exact) mass is 481 g/mol. The van der Waals surface area contributed by atoms with Gasteiger partial charge < -0.3 is 10.5 Å². The molecule has 0 saturated heterocycles. The van der Waals surface area contributed by atoms with Crippen LogP contribution >= 0.6 is 11.8 Å². The van der Waals surface area contributed by atoms with Crippen molar-refractivity contribution in [2.75, 3.05) is 12.4 Å². The first-order valence-corrected chi connectivity index (χ1v) is 8.97. The van der Waals surface area contributed by atoms with Gasteiger partial charge in [0.05, 0.1) is 5.75 Å². The Bertz CT molecular complexity index is 970. The zero-order chi connectivity index (χ0) is 23.8. The molecule has 0 saturated carbocycles. The molecule has 0 radical (unpaired) electrons. The van der Waals surface area contributed by atoms with Crippen molar-refractivity contribution in [2.45, 2.75) is 30.1 Å². The van der Waals surface area contributed by atoms with Gasteiger partial charge in [0.25, 0.3) is 5.91 Å². The van der Waals surface area contributed by atoms with Crippen LogP contribution in [-0.2, 0) is 0 Å². The van der Waals surface area contributed by atoms with Gasteiger partial charge in [0.1, 0.15) is 17.2 Å². The van der Waals surface area contributed by atoms with Gasteiger partial charge in [-0.2, -0.15) is 35.1 Å². The molecule has 1 heterocycles. The van der Waals surface area contributed by atoms with E-state index in [1.54, 1.807) is 0 Å². The van der Waals surface area contributed by atoms with E-state index in [4.69, 9.17) is 5.73 Å². The second kappa shape index (κ2) is 8.51. The van der Waals surface area contributed by atoms with Gasteiger partial charge in [-0.05, 0) is 24.6 Å². The Morgan fingerprint density at radius 3 is 2.26 bits per heavy atom. The highest BCUT2D eigenvalue weighted by molar-refractivity contribution is 7.99. The Morgan fingerprint density at radius 1 is 1.13 bits per heavy atom. The third-order valence-electron chi connectivity index (χ3n) is 3.62. The van der Waals surface area contributed by atoms with Crippen LogP contribution < -0.4 is 10.5 Å². The van der Waals surface area contributed by atoms with Gasteiger partial charge in [0.15, 0.2) is 6.61 Å². The minimum Gasteiger partial charge on any atom is -0.470 e. The second-order valence-electron chi connectivity index (χ2n) is 6.11. The molecule has 0 atom stereocenters. The zero-order valence-electron chi connectivity index (χ0n) is 15.2. The first kappa shape index (κ1) is 24.7. The first-order chi connectivity index (χ1) is 14.0. The maximum atomic E-state index is 14.4. The summed E-state index contributed by atoms with van der Waals surface area (Å²) in [7, 11) is 0. The predicted molar refractivity (Wildman–Crippen MR) is 90.1 cm³/mol. The molecular weight excluding hydrogens is 469 g/mol. The lowest BCUT2D eigenvalue weighted by molar-refractivity contribution is -0.290. The number of benzene rings is 1. The van der Waals surface area contributed by atoms with Gasteiger partial charge in [-0.15, -0.1) is 16.9 Å².